The maximum absolute atomic E-state index is 15.2. The van der Waals surface area contributed by atoms with E-state index in [9.17, 15) is 4.39 Å². The molecule has 0 radical (unpaired) electrons. The molecular formula is C23H22F2N2O. The number of nitrogens with zero attached hydrogens (tertiary/aromatic N) is 1. The zero-order valence-electron chi connectivity index (χ0n) is 16.1. The van der Waals surface area contributed by atoms with Crippen LogP contribution in [0.4, 0.5) is 25.8 Å². The van der Waals surface area contributed by atoms with E-state index in [4.69, 9.17) is 10.5 Å². The van der Waals surface area contributed by atoms with Crippen LogP contribution in [-0.2, 0) is 5.41 Å². The smallest absolute Gasteiger partial charge is 0.145 e. The fourth-order valence-corrected chi connectivity index (χ4v) is 4.09. The summed E-state index contributed by atoms with van der Waals surface area (Å²) in [5.41, 5.74) is 10.1. The van der Waals surface area contributed by atoms with Crippen LogP contribution in [0.25, 0.3) is 11.1 Å². The molecule has 0 unspecified atom stereocenters. The summed E-state index contributed by atoms with van der Waals surface area (Å²) in [7, 11) is 1.53. The van der Waals surface area contributed by atoms with E-state index in [0.717, 1.165) is 16.9 Å². The van der Waals surface area contributed by atoms with Gasteiger partial charge in [-0.05, 0) is 35.4 Å². The van der Waals surface area contributed by atoms with Crippen molar-refractivity contribution >= 4 is 17.1 Å². The quantitative estimate of drug-likeness (QED) is 0.597. The first-order valence-electron chi connectivity index (χ1n) is 9.12. The van der Waals surface area contributed by atoms with Gasteiger partial charge in [-0.3, -0.25) is 0 Å². The maximum atomic E-state index is 15.2. The van der Waals surface area contributed by atoms with Crippen molar-refractivity contribution in [2.75, 3.05) is 24.3 Å². The zero-order chi connectivity index (χ0) is 20.1. The molecule has 4 rings (SSSR count). The minimum Gasteiger partial charge on any atom is -0.494 e. The van der Waals surface area contributed by atoms with Crippen molar-refractivity contribution < 1.29 is 13.5 Å². The minimum atomic E-state index is -0.391. The predicted molar refractivity (Wildman–Crippen MR) is 109 cm³/mol. The van der Waals surface area contributed by atoms with Crippen LogP contribution < -0.4 is 15.4 Å². The normalized spacial score (nSPS) is 14.8. The highest BCUT2D eigenvalue weighted by molar-refractivity contribution is 5.89. The molecule has 0 saturated heterocycles. The first-order chi connectivity index (χ1) is 13.3. The van der Waals surface area contributed by atoms with Crippen LogP contribution in [0.3, 0.4) is 0 Å². The van der Waals surface area contributed by atoms with E-state index in [2.05, 4.69) is 18.7 Å². The molecule has 2 N–H and O–H groups in total. The summed E-state index contributed by atoms with van der Waals surface area (Å²) in [5.74, 6) is -0.294. The highest BCUT2D eigenvalue weighted by atomic mass is 19.1. The van der Waals surface area contributed by atoms with Crippen molar-refractivity contribution in [3.05, 3.63) is 71.8 Å². The Kier molecular flexibility index (Phi) is 4.26. The zero-order valence-corrected chi connectivity index (χ0v) is 16.1. The van der Waals surface area contributed by atoms with Crippen LogP contribution in [0.1, 0.15) is 19.4 Å². The van der Waals surface area contributed by atoms with Gasteiger partial charge in [-0.15, -0.1) is 0 Å². The van der Waals surface area contributed by atoms with E-state index in [1.807, 2.05) is 24.3 Å². The first kappa shape index (κ1) is 18.3. The number of nitrogens with two attached hydrogens (primary N) is 1. The molecule has 0 atom stereocenters. The molecule has 1 aliphatic heterocycles. The molecule has 0 aliphatic carbocycles. The van der Waals surface area contributed by atoms with Crippen molar-refractivity contribution in [1.82, 2.24) is 0 Å². The number of fused-ring (bicyclic) bond motifs is 1. The maximum Gasteiger partial charge on any atom is 0.145 e. The number of nitrogen functional groups attached to an aromatic ring is 1. The van der Waals surface area contributed by atoms with E-state index < -0.39 is 5.82 Å². The lowest BCUT2D eigenvalue weighted by molar-refractivity contribution is 0.412. The summed E-state index contributed by atoms with van der Waals surface area (Å²) in [6.07, 6.45) is 0. The third-order valence-electron chi connectivity index (χ3n) is 5.30. The average molecular weight is 380 g/mol. The Bertz CT molecular complexity index is 1050. The molecule has 1 heterocycles. The van der Waals surface area contributed by atoms with Crippen molar-refractivity contribution in [3.8, 4) is 16.9 Å². The highest BCUT2D eigenvalue weighted by Gasteiger charge is 2.42. The van der Waals surface area contributed by atoms with Gasteiger partial charge in [0.15, 0.2) is 0 Å². The van der Waals surface area contributed by atoms with Crippen LogP contribution in [0.2, 0.25) is 0 Å². The van der Waals surface area contributed by atoms with Crippen molar-refractivity contribution in [2.24, 2.45) is 0 Å². The number of hydrogen-bond acceptors (Lipinski definition) is 3. The van der Waals surface area contributed by atoms with Crippen LogP contribution >= 0.6 is 0 Å². The lowest BCUT2D eigenvalue weighted by atomic mass is 9.81. The van der Waals surface area contributed by atoms with Crippen LogP contribution in [0.15, 0.2) is 54.6 Å². The number of rotatable bonds is 3. The Labute approximate surface area is 163 Å². The number of benzene rings is 3. The molecule has 144 valence electrons. The largest absolute Gasteiger partial charge is 0.494 e. The van der Waals surface area contributed by atoms with Gasteiger partial charge in [-0.25, -0.2) is 8.78 Å². The molecule has 5 heteroatoms. The molecule has 0 aromatic heterocycles. The topological polar surface area (TPSA) is 38.5 Å². The number of halogens is 2. The number of methoxy groups -OCH3 is 1. The van der Waals surface area contributed by atoms with E-state index in [-0.39, 0.29) is 11.2 Å². The number of para-hydroxylation sites is 2. The van der Waals surface area contributed by atoms with E-state index in [1.165, 1.54) is 25.3 Å². The number of ether oxygens (including phenoxy) is 1. The van der Waals surface area contributed by atoms with Crippen LogP contribution in [0.5, 0.6) is 5.75 Å². The SMILES string of the molecule is COc1cc(F)c(-c2ccc(F)cc2)c2c1N(c1ccccc1N)CC2(C)C. The van der Waals surface area contributed by atoms with Crippen molar-refractivity contribution in [1.29, 1.82) is 0 Å². The van der Waals surface area contributed by atoms with E-state index in [0.29, 0.717) is 29.1 Å². The average Bonchev–Trinajstić information content (AvgIpc) is 2.94. The molecule has 3 nitrogen and oxygen atoms in total. The standard InChI is InChI=1S/C23H22F2N2O/c1-23(2)13-27(18-7-5-4-6-17(18)26)22-19(28-3)12-16(25)20(21(22)23)14-8-10-15(24)11-9-14/h4-12H,13,26H2,1-3H3. The van der Waals surface area contributed by atoms with Gasteiger partial charge in [0.25, 0.3) is 0 Å². The van der Waals surface area contributed by atoms with Crippen molar-refractivity contribution in [3.63, 3.8) is 0 Å². The van der Waals surface area contributed by atoms with Gasteiger partial charge in [0.2, 0.25) is 0 Å². The third-order valence-corrected chi connectivity index (χ3v) is 5.30. The summed E-state index contributed by atoms with van der Waals surface area (Å²) >= 11 is 0. The molecule has 0 fully saturated rings. The fourth-order valence-electron chi connectivity index (χ4n) is 4.09. The first-order valence-corrected chi connectivity index (χ1v) is 9.12. The third kappa shape index (κ3) is 2.78. The second-order valence-electron chi connectivity index (χ2n) is 7.69. The van der Waals surface area contributed by atoms with Gasteiger partial charge in [0.05, 0.1) is 24.2 Å². The van der Waals surface area contributed by atoms with Gasteiger partial charge in [-0.1, -0.05) is 38.1 Å². The molecule has 0 spiro atoms. The van der Waals surface area contributed by atoms with Gasteiger partial charge in [-0.2, -0.15) is 0 Å². The van der Waals surface area contributed by atoms with Crippen LogP contribution in [-0.4, -0.2) is 13.7 Å². The Morgan fingerprint density at radius 1 is 1.04 bits per heavy atom. The lowest BCUT2D eigenvalue weighted by Crippen LogP contribution is -2.25. The summed E-state index contributed by atoms with van der Waals surface area (Å²) in [5, 5.41) is 0. The van der Waals surface area contributed by atoms with Crippen LogP contribution in [0, 0.1) is 11.6 Å². The van der Waals surface area contributed by atoms with Gasteiger partial charge >= 0.3 is 0 Å². The minimum absolute atomic E-state index is 0.354. The molecule has 3 aromatic carbocycles. The molecular weight excluding hydrogens is 358 g/mol. The van der Waals surface area contributed by atoms with Gasteiger partial charge in [0, 0.05) is 23.6 Å². The van der Waals surface area contributed by atoms with Gasteiger partial charge < -0.3 is 15.4 Å². The second kappa shape index (κ2) is 6.51. The Morgan fingerprint density at radius 3 is 2.36 bits per heavy atom. The van der Waals surface area contributed by atoms with E-state index in [1.54, 1.807) is 12.1 Å². The molecule has 3 aromatic rings. The molecule has 1 aliphatic rings. The molecule has 0 amide bonds. The number of hydrogen-bond donors (Lipinski definition) is 1. The van der Waals surface area contributed by atoms with E-state index >= 15 is 4.39 Å². The van der Waals surface area contributed by atoms with Gasteiger partial charge in [0.1, 0.15) is 17.4 Å². The molecule has 0 bridgehead atoms. The summed E-state index contributed by atoms with van der Waals surface area (Å²) in [4.78, 5) is 2.08. The molecule has 0 saturated carbocycles. The Hall–Kier alpha value is -3.08. The Balaban J connectivity index is 2.03. The number of anilines is 3. The summed E-state index contributed by atoms with van der Waals surface area (Å²) < 4.78 is 34.2. The Morgan fingerprint density at radius 2 is 1.71 bits per heavy atom. The molecule has 28 heavy (non-hydrogen) atoms. The predicted octanol–water partition coefficient (Wildman–Crippen LogP) is 5.65. The fraction of sp³-hybridized carbons (Fsp3) is 0.217. The summed E-state index contributed by atoms with van der Waals surface area (Å²) in [6.45, 7) is 4.75. The monoisotopic (exact) mass is 380 g/mol. The summed E-state index contributed by atoms with van der Waals surface area (Å²) in [6, 6.07) is 14.9. The second-order valence-corrected chi connectivity index (χ2v) is 7.69. The van der Waals surface area contributed by atoms with Crippen molar-refractivity contribution in [2.45, 2.75) is 19.3 Å². The highest BCUT2D eigenvalue weighted by Crippen LogP contribution is 2.54. The lowest BCUT2D eigenvalue weighted by Gasteiger charge is -2.24.